The van der Waals surface area contributed by atoms with Crippen LogP contribution in [0.15, 0.2) is 41.0 Å². The van der Waals surface area contributed by atoms with Gasteiger partial charge in [-0.3, -0.25) is 9.59 Å². The molecule has 1 unspecified atom stereocenters. The molecule has 0 bridgehead atoms. The molecule has 2 amide bonds. The van der Waals surface area contributed by atoms with E-state index in [0.29, 0.717) is 30.0 Å². The van der Waals surface area contributed by atoms with Gasteiger partial charge >= 0.3 is 0 Å². The minimum Gasteiger partial charge on any atom is -0.467 e. The Kier molecular flexibility index (Phi) is 14.4. The molecule has 1 aromatic heterocycles. The molecule has 0 fully saturated rings. The Morgan fingerprint density at radius 1 is 1.21 bits per heavy atom. The maximum absolute atomic E-state index is 13.3. The Labute approximate surface area is 219 Å². The highest BCUT2D eigenvalue weighted by atomic mass is 35.5. The zero-order valence-corrected chi connectivity index (χ0v) is 22.7. The van der Waals surface area contributed by atoms with Crippen LogP contribution in [-0.4, -0.2) is 41.7 Å². The summed E-state index contributed by atoms with van der Waals surface area (Å²) < 4.78 is 5.29. The molecule has 6 nitrogen and oxygen atoms in total. The van der Waals surface area contributed by atoms with E-state index in [1.807, 2.05) is 18.4 Å². The molecule has 4 N–H and O–H groups in total. The fourth-order valence-electron chi connectivity index (χ4n) is 3.57. The summed E-state index contributed by atoms with van der Waals surface area (Å²) in [4.78, 5) is 26.2. The number of hydrogen-bond donors (Lipinski definition) is 4. The maximum atomic E-state index is 13.3. The van der Waals surface area contributed by atoms with Gasteiger partial charge in [-0.1, -0.05) is 26.0 Å². The Morgan fingerprint density at radius 2 is 1.97 bits per heavy atom. The molecule has 0 radical (unpaired) electrons. The molecular weight excluding hydrogens is 490 g/mol. The summed E-state index contributed by atoms with van der Waals surface area (Å²) in [7, 11) is 0. The first kappa shape index (κ1) is 30.4. The van der Waals surface area contributed by atoms with Gasteiger partial charge in [-0.25, -0.2) is 0 Å². The highest BCUT2D eigenvalue weighted by Gasteiger charge is 2.23. The number of hydrogen-bond acceptors (Lipinski definition) is 6. The minimum absolute atomic E-state index is 0. The van der Waals surface area contributed by atoms with Gasteiger partial charge in [0.05, 0.1) is 12.8 Å². The van der Waals surface area contributed by atoms with E-state index in [2.05, 4.69) is 43.2 Å². The first-order valence-electron chi connectivity index (χ1n) is 11.4. The second-order valence-corrected chi connectivity index (χ2v) is 9.87. The Bertz CT molecular complexity index is 878. The van der Waals surface area contributed by atoms with E-state index < -0.39 is 6.04 Å². The van der Waals surface area contributed by atoms with Crippen LogP contribution in [0, 0.1) is 0 Å². The van der Waals surface area contributed by atoms with E-state index in [1.165, 1.54) is 0 Å². The molecule has 1 heterocycles. The van der Waals surface area contributed by atoms with Crippen molar-refractivity contribution in [1.82, 2.24) is 10.6 Å². The number of thioether (sulfide) groups is 1. The van der Waals surface area contributed by atoms with Crippen molar-refractivity contribution in [3.05, 3.63) is 59.0 Å². The Balaban J connectivity index is 0.00000578. The van der Waals surface area contributed by atoms with Crippen LogP contribution in [0.3, 0.4) is 0 Å². The van der Waals surface area contributed by atoms with Crippen molar-refractivity contribution in [2.24, 2.45) is 5.73 Å². The van der Waals surface area contributed by atoms with Gasteiger partial charge in [0.1, 0.15) is 11.8 Å². The molecule has 34 heavy (non-hydrogen) atoms. The van der Waals surface area contributed by atoms with Crippen LogP contribution in [0.25, 0.3) is 0 Å². The third-order valence-electron chi connectivity index (χ3n) is 5.51. The zero-order chi connectivity index (χ0) is 24.2. The number of furan rings is 1. The smallest absolute Gasteiger partial charge is 0.252 e. The fourth-order valence-corrected chi connectivity index (χ4v) is 4.22. The van der Waals surface area contributed by atoms with Gasteiger partial charge in [-0.05, 0) is 72.9 Å². The first-order valence-corrected chi connectivity index (χ1v) is 13.5. The summed E-state index contributed by atoms with van der Waals surface area (Å²) >= 11 is 5.89. The minimum atomic E-state index is -0.614. The number of benzene rings is 1. The molecule has 0 aliphatic carbocycles. The third kappa shape index (κ3) is 9.94. The lowest BCUT2D eigenvalue weighted by Gasteiger charge is -2.20. The average Bonchev–Trinajstić information content (AvgIpc) is 3.33. The molecule has 2 rings (SSSR count). The van der Waals surface area contributed by atoms with E-state index in [0.717, 1.165) is 36.1 Å². The van der Waals surface area contributed by atoms with Gasteiger partial charge in [0.2, 0.25) is 5.91 Å². The van der Waals surface area contributed by atoms with Crippen LogP contribution < -0.4 is 16.4 Å². The van der Waals surface area contributed by atoms with Gasteiger partial charge in [-0.2, -0.15) is 24.4 Å². The van der Waals surface area contributed by atoms with Crippen LogP contribution in [0.1, 0.15) is 66.3 Å². The summed E-state index contributed by atoms with van der Waals surface area (Å²) in [5, 5.41) is 5.85. The van der Waals surface area contributed by atoms with Gasteiger partial charge in [0.25, 0.3) is 5.91 Å². The van der Waals surface area contributed by atoms with Crippen molar-refractivity contribution in [2.45, 2.75) is 64.1 Å². The number of thiol groups is 1. The molecule has 1 aromatic carbocycles. The number of carbonyl (C=O) groups is 2. The molecule has 9 heteroatoms. The second-order valence-electron chi connectivity index (χ2n) is 8.52. The van der Waals surface area contributed by atoms with Crippen LogP contribution in [0.2, 0.25) is 0 Å². The average molecular weight is 528 g/mol. The molecule has 0 saturated heterocycles. The van der Waals surface area contributed by atoms with Crippen molar-refractivity contribution in [3.63, 3.8) is 0 Å². The van der Waals surface area contributed by atoms with Crippen molar-refractivity contribution in [3.8, 4) is 0 Å². The number of amides is 2. The van der Waals surface area contributed by atoms with E-state index in [-0.39, 0.29) is 36.2 Å². The quantitative estimate of drug-likeness (QED) is 0.270. The van der Waals surface area contributed by atoms with E-state index in [1.54, 1.807) is 30.2 Å². The van der Waals surface area contributed by atoms with Gasteiger partial charge in [-0.15, -0.1) is 12.4 Å². The van der Waals surface area contributed by atoms with Crippen LogP contribution >= 0.6 is 36.8 Å². The monoisotopic (exact) mass is 527 g/mol. The largest absolute Gasteiger partial charge is 0.467 e. The van der Waals surface area contributed by atoms with Crippen molar-refractivity contribution in [2.75, 3.05) is 17.8 Å². The van der Waals surface area contributed by atoms with Gasteiger partial charge < -0.3 is 20.8 Å². The topological polar surface area (TPSA) is 97.4 Å². The van der Waals surface area contributed by atoms with Crippen molar-refractivity contribution in [1.29, 1.82) is 0 Å². The zero-order valence-electron chi connectivity index (χ0n) is 20.2. The summed E-state index contributed by atoms with van der Waals surface area (Å²) in [6.07, 6.45) is 6.79. The summed E-state index contributed by atoms with van der Waals surface area (Å²) in [5.74, 6) is 1.87. The fraction of sp³-hybridized carbons (Fsp3) is 0.520. The third-order valence-corrected chi connectivity index (χ3v) is 6.62. The predicted octanol–water partition coefficient (Wildman–Crippen LogP) is 4.57. The number of halogens is 1. The number of carbonyl (C=O) groups excluding carboxylic acids is 2. The van der Waals surface area contributed by atoms with Crippen molar-refractivity contribution >= 4 is 48.6 Å². The van der Waals surface area contributed by atoms with Gasteiger partial charge in [0.15, 0.2) is 0 Å². The van der Waals surface area contributed by atoms with E-state index in [4.69, 9.17) is 10.2 Å². The predicted molar refractivity (Wildman–Crippen MR) is 147 cm³/mol. The van der Waals surface area contributed by atoms with Crippen LogP contribution in [0.5, 0.6) is 0 Å². The molecule has 190 valence electrons. The highest BCUT2D eigenvalue weighted by Crippen LogP contribution is 2.22. The standard InChI is InChI=1S/C25H37N3O3S2.ClH/c1-17(2)21-10-9-18(6-4-7-19(26)16-32)14-22(21)24(29)28-23(11-13-33-3)25(30)27-15-20-8-5-12-31-20;/h5,8-10,12,14,17,19,23,32H,4,6-7,11,13,15-16,26H2,1-3H3,(H,27,30)(H,28,29);1H/t19?,23-;/m0./s1. The number of rotatable bonds is 14. The van der Waals surface area contributed by atoms with Crippen LogP contribution in [-0.2, 0) is 17.8 Å². The second kappa shape index (κ2) is 16.1. The summed E-state index contributed by atoms with van der Waals surface area (Å²) in [6.45, 7) is 4.43. The molecule has 0 spiro atoms. The Morgan fingerprint density at radius 3 is 2.59 bits per heavy atom. The molecule has 2 atom stereocenters. The first-order chi connectivity index (χ1) is 15.8. The highest BCUT2D eigenvalue weighted by molar-refractivity contribution is 7.98. The van der Waals surface area contributed by atoms with E-state index >= 15 is 0 Å². The summed E-state index contributed by atoms with van der Waals surface area (Å²) in [5.41, 5.74) is 8.68. The molecule has 0 aliphatic rings. The molecular formula is C25H38ClN3O3S2. The van der Waals surface area contributed by atoms with E-state index in [9.17, 15) is 9.59 Å². The normalized spacial score (nSPS) is 12.6. The van der Waals surface area contributed by atoms with Crippen LogP contribution in [0.4, 0.5) is 0 Å². The Hall–Kier alpha value is -1.61. The summed E-state index contributed by atoms with van der Waals surface area (Å²) in [6, 6.07) is 9.13. The lowest BCUT2D eigenvalue weighted by atomic mass is 9.93. The van der Waals surface area contributed by atoms with Crippen molar-refractivity contribution < 1.29 is 14.0 Å². The molecule has 0 saturated carbocycles. The maximum Gasteiger partial charge on any atom is 0.252 e. The number of nitrogens with two attached hydrogens (primary N) is 1. The number of aryl methyl sites for hydroxylation is 1. The lowest BCUT2D eigenvalue weighted by Crippen LogP contribution is -2.47. The number of nitrogens with one attached hydrogen (secondary N) is 2. The van der Waals surface area contributed by atoms with Gasteiger partial charge in [0, 0.05) is 17.4 Å². The lowest BCUT2D eigenvalue weighted by molar-refractivity contribution is -0.123. The molecule has 0 aliphatic heterocycles. The SMILES string of the molecule is CSCC[C@H](NC(=O)c1cc(CCCC(N)CS)ccc1C(C)C)C(=O)NCc1ccco1.Cl. The molecule has 2 aromatic rings.